The van der Waals surface area contributed by atoms with Crippen LogP contribution in [0.1, 0.15) is 24.8 Å². The van der Waals surface area contributed by atoms with Crippen molar-refractivity contribution in [3.05, 3.63) is 48.0 Å². The Morgan fingerprint density at radius 2 is 2.04 bits per heavy atom. The number of nitrogens with zero attached hydrogens (tertiary/aromatic N) is 2. The Morgan fingerprint density at radius 1 is 1.27 bits per heavy atom. The van der Waals surface area contributed by atoms with Crippen LogP contribution in [-0.2, 0) is 11.3 Å². The molecule has 5 nitrogen and oxygen atoms in total. The molecule has 3 rings (SSSR count). The van der Waals surface area contributed by atoms with E-state index in [1.807, 2.05) is 7.05 Å². The second-order valence-corrected chi connectivity index (χ2v) is 6.66. The highest BCUT2D eigenvalue weighted by atomic mass is 127. The summed E-state index contributed by atoms with van der Waals surface area (Å²) in [4.78, 5) is 17.9. The molecule has 0 radical (unpaired) electrons. The van der Waals surface area contributed by atoms with E-state index in [4.69, 9.17) is 5.73 Å². The number of aliphatic imine (C=N–C) groups is 1. The molecule has 1 atom stereocenters. The maximum atomic E-state index is 11.2. The lowest BCUT2D eigenvalue weighted by Gasteiger charge is -2.34. The van der Waals surface area contributed by atoms with Gasteiger partial charge in [0.2, 0.25) is 5.91 Å². The summed E-state index contributed by atoms with van der Waals surface area (Å²) in [6.45, 7) is 2.52. The number of guanidine groups is 1. The maximum Gasteiger partial charge on any atom is 0.217 e. The van der Waals surface area contributed by atoms with Crippen LogP contribution in [0.5, 0.6) is 0 Å². The summed E-state index contributed by atoms with van der Waals surface area (Å²) < 4.78 is 0. The highest BCUT2D eigenvalue weighted by Crippen LogP contribution is 2.20. The van der Waals surface area contributed by atoms with Crippen molar-refractivity contribution >= 4 is 46.6 Å². The van der Waals surface area contributed by atoms with Crippen LogP contribution in [0.4, 0.5) is 0 Å². The number of piperidine rings is 1. The average Bonchev–Trinajstić information content (AvgIpc) is 2.62. The number of primary amides is 1. The van der Waals surface area contributed by atoms with Crippen molar-refractivity contribution in [2.75, 3.05) is 20.1 Å². The summed E-state index contributed by atoms with van der Waals surface area (Å²) in [5.41, 5.74) is 6.62. The molecule has 0 bridgehead atoms. The number of likely N-dealkylation sites (tertiary alicyclic amines) is 1. The van der Waals surface area contributed by atoms with Gasteiger partial charge in [-0.2, -0.15) is 0 Å². The molecule has 1 aliphatic rings. The Morgan fingerprint density at radius 3 is 2.81 bits per heavy atom. The number of hydrogen-bond acceptors (Lipinski definition) is 2. The van der Waals surface area contributed by atoms with Gasteiger partial charge in [-0.3, -0.25) is 9.79 Å². The monoisotopic (exact) mass is 466 g/mol. The van der Waals surface area contributed by atoms with Crippen LogP contribution in [0.2, 0.25) is 0 Å². The highest BCUT2D eigenvalue weighted by Gasteiger charge is 2.23. The summed E-state index contributed by atoms with van der Waals surface area (Å²) in [5.74, 6) is 0.995. The lowest BCUT2D eigenvalue weighted by atomic mass is 9.95. The summed E-state index contributed by atoms with van der Waals surface area (Å²) in [5, 5.41) is 5.99. The first-order chi connectivity index (χ1) is 12.2. The Bertz CT molecular complexity index is 772. The Kier molecular flexibility index (Phi) is 7.68. The summed E-state index contributed by atoms with van der Waals surface area (Å²) in [6, 6.07) is 14.8. The molecule has 0 aliphatic carbocycles. The lowest BCUT2D eigenvalue weighted by Crippen LogP contribution is -2.46. The Balaban J connectivity index is 0.00000243. The predicted octanol–water partition coefficient (Wildman–Crippen LogP) is 3.12. The quantitative estimate of drug-likeness (QED) is 0.413. The van der Waals surface area contributed by atoms with Crippen molar-refractivity contribution < 1.29 is 4.79 Å². The number of hydrogen-bond donors (Lipinski definition) is 2. The summed E-state index contributed by atoms with van der Waals surface area (Å²) in [7, 11) is 1.81. The van der Waals surface area contributed by atoms with Crippen molar-refractivity contribution in [3.8, 4) is 0 Å². The number of nitrogens with one attached hydrogen (secondary N) is 1. The van der Waals surface area contributed by atoms with Crippen LogP contribution in [0.25, 0.3) is 10.8 Å². The molecular formula is C20H27IN4O. The van der Waals surface area contributed by atoms with Gasteiger partial charge < -0.3 is 16.0 Å². The molecule has 1 unspecified atom stereocenters. The molecule has 0 saturated carbocycles. The lowest BCUT2D eigenvalue weighted by molar-refractivity contribution is -0.119. The number of carbonyl (C=O) groups is 1. The van der Waals surface area contributed by atoms with Gasteiger partial charge in [0, 0.05) is 33.1 Å². The second kappa shape index (κ2) is 9.75. The van der Waals surface area contributed by atoms with E-state index in [0.717, 1.165) is 38.4 Å². The molecule has 1 heterocycles. The SMILES string of the molecule is CN=C(NCc1cccc2ccccc12)N1CCCC(CC(N)=O)C1.I. The van der Waals surface area contributed by atoms with Crippen LogP contribution < -0.4 is 11.1 Å². The first-order valence-electron chi connectivity index (χ1n) is 8.88. The van der Waals surface area contributed by atoms with Gasteiger partial charge in [-0.1, -0.05) is 42.5 Å². The Labute approximate surface area is 172 Å². The van der Waals surface area contributed by atoms with Gasteiger partial charge in [0.25, 0.3) is 0 Å². The fourth-order valence-corrected chi connectivity index (χ4v) is 3.66. The minimum absolute atomic E-state index is 0. The molecule has 0 spiro atoms. The molecule has 26 heavy (non-hydrogen) atoms. The average molecular weight is 466 g/mol. The number of benzene rings is 2. The zero-order valence-electron chi connectivity index (χ0n) is 15.1. The minimum Gasteiger partial charge on any atom is -0.370 e. The second-order valence-electron chi connectivity index (χ2n) is 6.66. The number of nitrogens with two attached hydrogens (primary N) is 1. The third-order valence-corrected chi connectivity index (χ3v) is 4.84. The molecule has 3 N–H and O–H groups in total. The number of fused-ring (bicyclic) bond motifs is 1. The van der Waals surface area contributed by atoms with E-state index in [-0.39, 0.29) is 29.9 Å². The van der Waals surface area contributed by atoms with Crippen LogP contribution >= 0.6 is 24.0 Å². The topological polar surface area (TPSA) is 70.7 Å². The van der Waals surface area contributed by atoms with Crippen LogP contribution in [0, 0.1) is 5.92 Å². The van der Waals surface area contributed by atoms with Gasteiger partial charge in [0.15, 0.2) is 5.96 Å². The standard InChI is InChI=1S/C20H26N4O.HI/c1-22-20(24-11-5-6-15(14-24)12-19(21)25)23-13-17-9-4-8-16-7-2-3-10-18(16)17;/h2-4,7-10,15H,5-6,11-14H2,1H3,(H2,21,25)(H,22,23);1H. The van der Waals surface area contributed by atoms with E-state index < -0.39 is 0 Å². The van der Waals surface area contributed by atoms with Gasteiger partial charge >= 0.3 is 0 Å². The third-order valence-electron chi connectivity index (χ3n) is 4.84. The van der Waals surface area contributed by atoms with E-state index in [1.165, 1.54) is 16.3 Å². The molecule has 6 heteroatoms. The molecule has 2 aromatic carbocycles. The van der Waals surface area contributed by atoms with E-state index >= 15 is 0 Å². The zero-order valence-corrected chi connectivity index (χ0v) is 17.5. The molecule has 0 aromatic heterocycles. The molecule has 140 valence electrons. The maximum absolute atomic E-state index is 11.2. The van der Waals surface area contributed by atoms with Gasteiger partial charge in [0.1, 0.15) is 0 Å². The van der Waals surface area contributed by atoms with Gasteiger partial charge in [0.05, 0.1) is 0 Å². The van der Waals surface area contributed by atoms with E-state index in [9.17, 15) is 4.79 Å². The number of halogens is 1. The summed E-state index contributed by atoms with van der Waals surface area (Å²) >= 11 is 0. The van der Waals surface area contributed by atoms with Crippen LogP contribution in [0.15, 0.2) is 47.5 Å². The molecule has 2 aromatic rings. The zero-order chi connectivity index (χ0) is 17.6. The smallest absolute Gasteiger partial charge is 0.217 e. The number of rotatable bonds is 4. The normalized spacial score (nSPS) is 17.7. The first kappa shape index (κ1) is 20.5. The molecule has 1 saturated heterocycles. The van der Waals surface area contributed by atoms with E-state index in [0.29, 0.717) is 12.3 Å². The van der Waals surface area contributed by atoms with Gasteiger partial charge in [-0.25, -0.2) is 0 Å². The van der Waals surface area contributed by atoms with Gasteiger partial charge in [-0.15, -0.1) is 24.0 Å². The van der Waals surface area contributed by atoms with Crippen molar-refractivity contribution in [2.24, 2.45) is 16.6 Å². The van der Waals surface area contributed by atoms with E-state index in [1.54, 1.807) is 0 Å². The molecule has 1 fully saturated rings. The van der Waals surface area contributed by atoms with Crippen LogP contribution in [-0.4, -0.2) is 36.9 Å². The fourth-order valence-electron chi connectivity index (χ4n) is 3.66. The summed E-state index contributed by atoms with van der Waals surface area (Å²) in [6.07, 6.45) is 2.57. The third kappa shape index (κ3) is 5.09. The van der Waals surface area contributed by atoms with Crippen molar-refractivity contribution in [3.63, 3.8) is 0 Å². The van der Waals surface area contributed by atoms with Crippen molar-refractivity contribution in [1.29, 1.82) is 0 Å². The number of carbonyl (C=O) groups excluding carboxylic acids is 1. The fraction of sp³-hybridized carbons (Fsp3) is 0.400. The van der Waals surface area contributed by atoms with Gasteiger partial charge in [-0.05, 0) is 35.1 Å². The first-order valence-corrected chi connectivity index (χ1v) is 8.88. The van der Waals surface area contributed by atoms with Crippen LogP contribution in [0.3, 0.4) is 0 Å². The van der Waals surface area contributed by atoms with Crippen molar-refractivity contribution in [2.45, 2.75) is 25.8 Å². The van der Waals surface area contributed by atoms with Crippen molar-refractivity contribution in [1.82, 2.24) is 10.2 Å². The minimum atomic E-state index is -0.217. The number of amides is 1. The largest absolute Gasteiger partial charge is 0.370 e. The highest BCUT2D eigenvalue weighted by molar-refractivity contribution is 14.0. The predicted molar refractivity (Wildman–Crippen MR) is 118 cm³/mol. The molecular weight excluding hydrogens is 439 g/mol. The Hall–Kier alpha value is -1.83. The molecule has 1 aliphatic heterocycles. The van der Waals surface area contributed by atoms with E-state index in [2.05, 4.69) is 57.7 Å². The molecule has 1 amide bonds.